The number of benzene rings is 2. The topological polar surface area (TPSA) is 98.8 Å². The number of nitrogens with zero attached hydrogens (tertiary/aromatic N) is 3. The lowest BCUT2D eigenvalue weighted by Gasteiger charge is -2.04. The van der Waals surface area contributed by atoms with Crippen molar-refractivity contribution < 1.29 is 9.53 Å². The number of aryl methyl sites for hydroxylation is 1. The highest BCUT2D eigenvalue weighted by Gasteiger charge is 2.22. The van der Waals surface area contributed by atoms with Gasteiger partial charge in [0.2, 0.25) is 5.91 Å². The smallest absolute Gasteiger partial charge is 0.248 e. The number of H-pyrrole nitrogens is 1. The number of nitrogens with two attached hydrogens (primary N) is 1. The molecule has 0 aliphatic carbocycles. The number of rotatable bonds is 4. The molecule has 0 unspecified atom stereocenters. The monoisotopic (exact) mass is 425 g/mol. The average molecular weight is 426 g/mol. The molecule has 0 saturated carbocycles. The van der Waals surface area contributed by atoms with Crippen molar-refractivity contribution in [1.29, 1.82) is 0 Å². The maximum Gasteiger partial charge on any atom is 0.248 e. The summed E-state index contributed by atoms with van der Waals surface area (Å²) in [5.74, 6) is 0.729. The molecule has 27 heavy (non-hydrogen) atoms. The molecule has 0 aliphatic heterocycles. The van der Waals surface area contributed by atoms with Crippen LogP contribution in [-0.4, -0.2) is 32.8 Å². The van der Waals surface area contributed by atoms with Crippen LogP contribution in [0.4, 0.5) is 0 Å². The van der Waals surface area contributed by atoms with E-state index < -0.39 is 5.91 Å². The zero-order valence-electron chi connectivity index (χ0n) is 14.7. The number of carbonyl (C=O) groups excluding carboxylic acids is 1. The summed E-state index contributed by atoms with van der Waals surface area (Å²) in [6.45, 7) is 0. The zero-order valence-corrected chi connectivity index (χ0v) is 16.2. The molecule has 0 fully saturated rings. The second-order valence-electron chi connectivity index (χ2n) is 6.05. The third kappa shape index (κ3) is 2.97. The lowest BCUT2D eigenvalue weighted by Crippen LogP contribution is -2.10. The molecular formula is C19H16BrN5O2. The molecule has 2 aromatic carbocycles. The van der Waals surface area contributed by atoms with Crippen molar-refractivity contribution in [2.24, 2.45) is 12.8 Å². The van der Waals surface area contributed by atoms with Crippen molar-refractivity contribution in [3.8, 4) is 28.5 Å². The molecule has 0 aliphatic rings. The van der Waals surface area contributed by atoms with Gasteiger partial charge in [-0.1, -0.05) is 28.1 Å². The van der Waals surface area contributed by atoms with Crippen LogP contribution in [0.15, 0.2) is 46.9 Å². The molecule has 2 aromatic heterocycles. The van der Waals surface area contributed by atoms with E-state index in [4.69, 9.17) is 10.5 Å². The Hall–Kier alpha value is -3.13. The predicted octanol–water partition coefficient (Wildman–Crippen LogP) is 3.50. The fourth-order valence-electron chi connectivity index (χ4n) is 3.06. The van der Waals surface area contributed by atoms with Gasteiger partial charge in [0.1, 0.15) is 11.4 Å². The van der Waals surface area contributed by atoms with Crippen LogP contribution in [0.3, 0.4) is 0 Å². The molecule has 4 aromatic rings. The van der Waals surface area contributed by atoms with Crippen molar-refractivity contribution in [2.45, 2.75) is 0 Å². The summed E-state index contributed by atoms with van der Waals surface area (Å²) in [6, 6.07) is 12.9. The van der Waals surface area contributed by atoms with E-state index in [-0.39, 0.29) is 0 Å². The second kappa shape index (κ2) is 6.55. The van der Waals surface area contributed by atoms with E-state index in [1.165, 1.54) is 0 Å². The summed E-state index contributed by atoms with van der Waals surface area (Å²) in [7, 11) is 3.44. The van der Waals surface area contributed by atoms with Crippen LogP contribution in [0.5, 0.6) is 5.75 Å². The zero-order chi connectivity index (χ0) is 19.1. The maximum absolute atomic E-state index is 11.4. The first-order valence-corrected chi connectivity index (χ1v) is 8.94. The molecule has 7 nitrogen and oxygen atoms in total. The quantitative estimate of drug-likeness (QED) is 0.522. The number of nitrogens with one attached hydrogen (secondary N) is 1. The minimum Gasteiger partial charge on any atom is -0.492 e. The maximum atomic E-state index is 11.4. The van der Waals surface area contributed by atoms with Crippen LogP contribution in [0.2, 0.25) is 0 Å². The third-order valence-electron chi connectivity index (χ3n) is 4.30. The fourth-order valence-corrected chi connectivity index (χ4v) is 3.46. The molecule has 0 bridgehead atoms. The van der Waals surface area contributed by atoms with Crippen LogP contribution in [0.1, 0.15) is 10.4 Å². The fraction of sp³-hybridized carbons (Fsp3) is 0.105. The van der Waals surface area contributed by atoms with Crippen LogP contribution in [0, 0.1) is 0 Å². The summed E-state index contributed by atoms with van der Waals surface area (Å²) in [6.07, 6.45) is 0. The number of primary amides is 1. The van der Waals surface area contributed by atoms with E-state index in [0.717, 1.165) is 21.2 Å². The van der Waals surface area contributed by atoms with E-state index in [2.05, 4.69) is 31.0 Å². The highest BCUT2D eigenvalue weighted by Crippen LogP contribution is 2.38. The van der Waals surface area contributed by atoms with Gasteiger partial charge in [-0.25, -0.2) is 4.98 Å². The Morgan fingerprint density at radius 3 is 2.78 bits per heavy atom. The number of carbonyl (C=O) groups is 1. The van der Waals surface area contributed by atoms with Gasteiger partial charge >= 0.3 is 0 Å². The number of hydrogen-bond acceptors (Lipinski definition) is 4. The van der Waals surface area contributed by atoms with Gasteiger partial charge in [0, 0.05) is 22.6 Å². The number of ether oxygens (including phenoxy) is 1. The first kappa shape index (κ1) is 17.3. The van der Waals surface area contributed by atoms with Crippen LogP contribution < -0.4 is 10.5 Å². The van der Waals surface area contributed by atoms with Gasteiger partial charge < -0.3 is 15.5 Å². The number of amides is 1. The molecule has 0 atom stereocenters. The minimum atomic E-state index is -0.483. The molecule has 1 amide bonds. The van der Waals surface area contributed by atoms with E-state index >= 15 is 0 Å². The van der Waals surface area contributed by atoms with Crippen LogP contribution in [-0.2, 0) is 7.05 Å². The molecule has 3 N–H and O–H groups in total. The van der Waals surface area contributed by atoms with Gasteiger partial charge in [-0.15, -0.1) is 0 Å². The summed E-state index contributed by atoms with van der Waals surface area (Å²) in [4.78, 5) is 19.3. The van der Waals surface area contributed by atoms with E-state index in [1.54, 1.807) is 30.0 Å². The van der Waals surface area contributed by atoms with E-state index in [1.807, 2.05) is 31.3 Å². The van der Waals surface area contributed by atoms with Crippen LogP contribution >= 0.6 is 15.9 Å². The molecule has 2 heterocycles. The molecule has 8 heteroatoms. The largest absolute Gasteiger partial charge is 0.492 e. The van der Waals surface area contributed by atoms with Gasteiger partial charge in [-0.2, -0.15) is 5.10 Å². The number of halogens is 1. The van der Waals surface area contributed by atoms with Crippen molar-refractivity contribution in [2.75, 3.05) is 7.11 Å². The lowest BCUT2D eigenvalue weighted by atomic mass is 10.1. The third-order valence-corrected chi connectivity index (χ3v) is 4.79. The highest BCUT2D eigenvalue weighted by atomic mass is 79.9. The number of imidazole rings is 1. The second-order valence-corrected chi connectivity index (χ2v) is 6.96. The van der Waals surface area contributed by atoms with Gasteiger partial charge in [0.25, 0.3) is 0 Å². The Bertz CT molecular complexity index is 1180. The summed E-state index contributed by atoms with van der Waals surface area (Å²) in [5, 5.41) is 4.62. The first-order chi connectivity index (χ1) is 13.0. The Labute approximate surface area is 163 Å². The molecular weight excluding hydrogens is 410 g/mol. The van der Waals surface area contributed by atoms with Gasteiger partial charge in [0.05, 0.1) is 18.1 Å². The van der Waals surface area contributed by atoms with Crippen molar-refractivity contribution in [3.63, 3.8) is 0 Å². The number of fused-ring (bicyclic) bond motifs is 1. The van der Waals surface area contributed by atoms with Crippen molar-refractivity contribution >= 4 is 32.9 Å². The Morgan fingerprint density at radius 2 is 2.07 bits per heavy atom. The first-order valence-electron chi connectivity index (χ1n) is 8.15. The Morgan fingerprint density at radius 1 is 1.26 bits per heavy atom. The standard InChI is InChI=1S/C19H16BrN5O2/c1-25-16(17(27-2)15(24-25)10-4-3-5-12(20)8-10)19-22-13-7-6-11(18(21)26)9-14(13)23-19/h3-9H,1-2H3,(H2,21,26)(H,22,23). The Kier molecular flexibility index (Phi) is 4.19. The number of aromatic amines is 1. The number of aromatic nitrogens is 4. The van der Waals surface area contributed by atoms with Crippen molar-refractivity contribution in [3.05, 3.63) is 52.5 Å². The lowest BCUT2D eigenvalue weighted by molar-refractivity contribution is 0.100. The molecule has 4 rings (SSSR count). The molecule has 0 radical (unpaired) electrons. The SMILES string of the molecule is COc1c(-c2cccc(Br)c2)nn(C)c1-c1nc2ccc(C(N)=O)cc2[nH]1. The van der Waals surface area contributed by atoms with E-state index in [0.29, 0.717) is 28.3 Å². The average Bonchev–Trinajstić information content (AvgIpc) is 3.20. The Balaban J connectivity index is 1.89. The molecule has 0 saturated heterocycles. The molecule has 0 spiro atoms. The summed E-state index contributed by atoms with van der Waals surface area (Å²) in [5.41, 5.74) is 9.58. The van der Waals surface area contributed by atoms with Gasteiger partial charge in [-0.05, 0) is 30.3 Å². The normalized spacial score (nSPS) is 11.1. The van der Waals surface area contributed by atoms with Crippen molar-refractivity contribution in [1.82, 2.24) is 19.7 Å². The van der Waals surface area contributed by atoms with Crippen LogP contribution in [0.25, 0.3) is 33.8 Å². The predicted molar refractivity (Wildman–Crippen MR) is 107 cm³/mol. The van der Waals surface area contributed by atoms with E-state index in [9.17, 15) is 4.79 Å². The number of hydrogen-bond donors (Lipinski definition) is 2. The summed E-state index contributed by atoms with van der Waals surface area (Å²) >= 11 is 3.49. The van der Waals surface area contributed by atoms with Gasteiger partial charge in [0.15, 0.2) is 11.6 Å². The minimum absolute atomic E-state index is 0.421. The summed E-state index contributed by atoms with van der Waals surface area (Å²) < 4.78 is 8.35. The number of methoxy groups -OCH3 is 1. The van der Waals surface area contributed by atoms with Gasteiger partial charge in [-0.3, -0.25) is 9.48 Å². The molecule has 136 valence electrons. The highest BCUT2D eigenvalue weighted by molar-refractivity contribution is 9.10.